The fourth-order valence-corrected chi connectivity index (χ4v) is 3.65. The number of pyridine rings is 1. The van der Waals surface area contributed by atoms with Crippen molar-refractivity contribution in [3.05, 3.63) is 96.1 Å². The quantitative estimate of drug-likeness (QED) is 0.358. The molecule has 1 aliphatic carbocycles. The van der Waals surface area contributed by atoms with E-state index < -0.39 is 0 Å². The van der Waals surface area contributed by atoms with Gasteiger partial charge in [0.1, 0.15) is 0 Å². The highest BCUT2D eigenvalue weighted by Crippen LogP contribution is 2.34. The van der Waals surface area contributed by atoms with Crippen LogP contribution in [0, 0.1) is 0 Å². The largest absolute Gasteiger partial charge is 0.248 e. The van der Waals surface area contributed by atoms with Gasteiger partial charge in [0.25, 0.3) is 0 Å². The van der Waals surface area contributed by atoms with E-state index in [2.05, 4.69) is 91.5 Å². The van der Waals surface area contributed by atoms with Crippen LogP contribution in [-0.4, -0.2) is 4.98 Å². The summed E-state index contributed by atoms with van der Waals surface area (Å²) in [5.41, 5.74) is 9.21. The van der Waals surface area contributed by atoms with Gasteiger partial charge in [-0.1, -0.05) is 73.3 Å². The lowest BCUT2D eigenvalue weighted by atomic mass is 9.99. The maximum Gasteiger partial charge on any atom is 0.0721 e. The summed E-state index contributed by atoms with van der Waals surface area (Å²) in [6, 6.07) is 25.5. The molecule has 0 N–H and O–H groups in total. The topological polar surface area (TPSA) is 12.9 Å². The summed E-state index contributed by atoms with van der Waals surface area (Å²) in [5, 5.41) is 1.26. The Morgan fingerprint density at radius 2 is 1.42 bits per heavy atom. The van der Waals surface area contributed by atoms with E-state index in [0.717, 1.165) is 22.3 Å². The van der Waals surface area contributed by atoms with Gasteiger partial charge in [-0.2, -0.15) is 0 Å². The lowest BCUT2D eigenvalue weighted by molar-refractivity contribution is 1.39. The molecule has 0 fully saturated rings. The first-order valence-corrected chi connectivity index (χ1v) is 8.77. The highest BCUT2D eigenvalue weighted by molar-refractivity contribution is 6.04. The van der Waals surface area contributed by atoms with Gasteiger partial charge in [-0.25, -0.2) is 4.98 Å². The summed E-state index contributed by atoms with van der Waals surface area (Å²) in [5.74, 6) is 0. The van der Waals surface area contributed by atoms with Crippen LogP contribution in [0.25, 0.3) is 51.5 Å². The normalized spacial score (nSPS) is 11.8. The van der Waals surface area contributed by atoms with E-state index in [-0.39, 0.29) is 0 Å². The molecule has 0 saturated carbocycles. The molecule has 26 heavy (non-hydrogen) atoms. The van der Waals surface area contributed by atoms with Crippen LogP contribution in [0.1, 0.15) is 16.7 Å². The second kappa shape index (κ2) is 5.82. The highest BCUT2D eigenvalue weighted by Gasteiger charge is 2.12. The third-order valence-corrected chi connectivity index (χ3v) is 4.95. The van der Waals surface area contributed by atoms with Crippen LogP contribution in [0.15, 0.2) is 79.4 Å². The molecule has 3 aromatic carbocycles. The predicted octanol–water partition coefficient (Wildman–Crippen LogP) is 6.70. The molecular formula is C25H17N. The van der Waals surface area contributed by atoms with Crippen molar-refractivity contribution in [3.8, 4) is 22.4 Å². The number of nitrogens with zero attached hydrogens (tertiary/aromatic N) is 1. The second-order valence-corrected chi connectivity index (χ2v) is 6.58. The van der Waals surface area contributed by atoms with Gasteiger partial charge in [0.2, 0.25) is 0 Å². The molecule has 1 aliphatic rings. The van der Waals surface area contributed by atoms with Crippen LogP contribution in [0.3, 0.4) is 0 Å². The molecular weight excluding hydrogens is 314 g/mol. The zero-order chi connectivity index (χ0) is 17.5. The van der Waals surface area contributed by atoms with Crippen molar-refractivity contribution in [3.63, 3.8) is 0 Å². The van der Waals surface area contributed by atoms with Gasteiger partial charge >= 0.3 is 0 Å². The molecule has 0 unspecified atom stereocenters. The molecule has 4 aromatic rings. The first-order chi connectivity index (χ1) is 12.8. The number of rotatable bonds is 3. The average molecular weight is 331 g/mol. The number of hydrogen-bond acceptors (Lipinski definition) is 1. The van der Waals surface area contributed by atoms with Crippen molar-refractivity contribution in [2.75, 3.05) is 0 Å². The van der Waals surface area contributed by atoms with E-state index in [0.29, 0.717) is 0 Å². The van der Waals surface area contributed by atoms with Crippen molar-refractivity contribution in [2.45, 2.75) is 0 Å². The first kappa shape index (κ1) is 14.9. The first-order valence-electron chi connectivity index (χ1n) is 8.77. The number of hydrogen-bond donors (Lipinski definition) is 0. The molecule has 0 spiro atoms. The van der Waals surface area contributed by atoms with Crippen molar-refractivity contribution >= 4 is 29.1 Å². The fourth-order valence-electron chi connectivity index (χ4n) is 3.65. The number of benzene rings is 3. The van der Waals surface area contributed by atoms with Crippen LogP contribution < -0.4 is 0 Å². The second-order valence-electron chi connectivity index (χ2n) is 6.58. The molecule has 5 rings (SSSR count). The van der Waals surface area contributed by atoms with Crippen LogP contribution in [-0.2, 0) is 0 Å². The summed E-state index contributed by atoms with van der Waals surface area (Å²) in [4.78, 5) is 4.92. The van der Waals surface area contributed by atoms with Crippen molar-refractivity contribution in [2.24, 2.45) is 0 Å². The van der Waals surface area contributed by atoms with E-state index >= 15 is 0 Å². The molecule has 1 aromatic heterocycles. The Morgan fingerprint density at radius 3 is 2.31 bits per heavy atom. The summed E-state index contributed by atoms with van der Waals surface area (Å²) in [6.07, 6.45) is 6.23. The van der Waals surface area contributed by atoms with Crippen molar-refractivity contribution in [1.29, 1.82) is 0 Å². The minimum atomic E-state index is 1.01. The van der Waals surface area contributed by atoms with Gasteiger partial charge in [0.05, 0.1) is 11.2 Å². The van der Waals surface area contributed by atoms with Crippen LogP contribution in [0.2, 0.25) is 0 Å². The third-order valence-electron chi connectivity index (χ3n) is 4.95. The van der Waals surface area contributed by atoms with Gasteiger partial charge < -0.3 is 0 Å². The monoisotopic (exact) mass is 331 g/mol. The summed E-state index contributed by atoms with van der Waals surface area (Å²) < 4.78 is 0. The Bertz CT molecular complexity index is 1200. The smallest absolute Gasteiger partial charge is 0.0721 e. The maximum atomic E-state index is 4.92. The Labute approximate surface area is 153 Å². The maximum absolute atomic E-state index is 4.92. The minimum absolute atomic E-state index is 1.01. The summed E-state index contributed by atoms with van der Waals surface area (Å²) >= 11 is 0. The summed E-state index contributed by atoms with van der Waals surface area (Å²) in [7, 11) is 0. The van der Waals surface area contributed by atoms with E-state index in [1.165, 1.54) is 27.6 Å². The van der Waals surface area contributed by atoms with E-state index in [9.17, 15) is 0 Å². The zero-order valence-corrected chi connectivity index (χ0v) is 14.3. The van der Waals surface area contributed by atoms with Crippen LogP contribution in [0.5, 0.6) is 0 Å². The Hall–Kier alpha value is -3.45. The molecule has 0 aliphatic heterocycles. The lowest BCUT2D eigenvalue weighted by Crippen LogP contribution is -1.89. The van der Waals surface area contributed by atoms with Crippen LogP contribution >= 0.6 is 0 Å². The molecule has 1 heteroatoms. The zero-order valence-electron chi connectivity index (χ0n) is 14.3. The highest BCUT2D eigenvalue weighted by atomic mass is 14.7. The SMILES string of the molecule is C=Cc1cccc(-c2cccc(-c3cc4c5c(cccc5n3)C=C4)c2)c1. The van der Waals surface area contributed by atoms with E-state index in [1.54, 1.807) is 0 Å². The molecule has 1 nitrogen and oxygen atoms in total. The molecule has 122 valence electrons. The molecule has 0 saturated heterocycles. The third kappa shape index (κ3) is 2.37. The fraction of sp³-hybridized carbons (Fsp3) is 0. The van der Waals surface area contributed by atoms with Crippen molar-refractivity contribution < 1.29 is 0 Å². The Kier molecular flexibility index (Phi) is 3.32. The van der Waals surface area contributed by atoms with Gasteiger partial charge in [0, 0.05) is 10.9 Å². The molecule has 0 radical (unpaired) electrons. The number of aromatic nitrogens is 1. The van der Waals surface area contributed by atoms with E-state index in [1.807, 2.05) is 6.08 Å². The predicted molar refractivity (Wildman–Crippen MR) is 112 cm³/mol. The van der Waals surface area contributed by atoms with Gasteiger partial charge in [-0.3, -0.25) is 0 Å². The van der Waals surface area contributed by atoms with E-state index in [4.69, 9.17) is 4.98 Å². The van der Waals surface area contributed by atoms with Crippen LogP contribution in [0.4, 0.5) is 0 Å². The lowest BCUT2D eigenvalue weighted by Gasteiger charge is -2.09. The van der Waals surface area contributed by atoms with Gasteiger partial charge in [0.15, 0.2) is 0 Å². The van der Waals surface area contributed by atoms with Gasteiger partial charge in [-0.15, -0.1) is 0 Å². The summed E-state index contributed by atoms with van der Waals surface area (Å²) in [6.45, 7) is 3.87. The average Bonchev–Trinajstić information content (AvgIpc) is 3.13. The molecule has 0 bridgehead atoms. The Morgan fingerprint density at radius 1 is 0.692 bits per heavy atom. The molecule has 1 heterocycles. The Balaban J connectivity index is 1.65. The van der Waals surface area contributed by atoms with Gasteiger partial charge in [-0.05, 0) is 52.1 Å². The van der Waals surface area contributed by atoms with Crippen molar-refractivity contribution in [1.82, 2.24) is 4.98 Å². The molecule has 0 amide bonds. The molecule has 0 atom stereocenters. The standard InChI is InChI=1S/C25H17N/c1-2-17-6-3-8-19(14-17)20-9-4-10-21(15-20)24-16-22-13-12-18-7-5-11-23(26-24)25(18)22/h2-16H,1H2. The minimum Gasteiger partial charge on any atom is -0.248 e.